The topological polar surface area (TPSA) is 30.2 Å². The number of hydrogen-bond donors (Lipinski definition) is 0. The number of aliphatic imine (C=N–C) groups is 1. The average Bonchev–Trinajstić information content (AvgIpc) is 2.95. The predicted molar refractivity (Wildman–Crippen MR) is 104 cm³/mol. The van der Waals surface area contributed by atoms with E-state index in [9.17, 15) is 0 Å². The van der Waals surface area contributed by atoms with Gasteiger partial charge in [0.05, 0.1) is 21.9 Å². The van der Waals surface area contributed by atoms with Gasteiger partial charge >= 0.3 is 0 Å². The highest BCUT2D eigenvalue weighted by atomic mass is 35.5. The highest BCUT2D eigenvalue weighted by Gasteiger charge is 2.08. The third-order valence-electron chi connectivity index (χ3n) is 3.66. The molecule has 0 fully saturated rings. The van der Waals surface area contributed by atoms with Crippen molar-refractivity contribution in [1.29, 1.82) is 0 Å². The highest BCUT2D eigenvalue weighted by Crippen LogP contribution is 2.27. The van der Waals surface area contributed by atoms with E-state index in [0.29, 0.717) is 21.6 Å². The molecule has 6 heteroatoms. The van der Waals surface area contributed by atoms with Crippen LogP contribution in [0.1, 0.15) is 5.56 Å². The summed E-state index contributed by atoms with van der Waals surface area (Å²) in [7, 11) is 1.94. The number of imidazole rings is 1. The van der Waals surface area contributed by atoms with Gasteiger partial charge in [0.15, 0.2) is 0 Å². The van der Waals surface area contributed by atoms with Crippen LogP contribution in [-0.4, -0.2) is 22.0 Å². The highest BCUT2D eigenvalue weighted by molar-refractivity contribution is 7.98. The SMILES string of the molecule is CSc1ccc(-c2cnc(N=Cc3c(Cl)cccc3Cl)n2C)cc1. The third-order valence-corrected chi connectivity index (χ3v) is 5.06. The molecule has 0 atom stereocenters. The second-order valence-electron chi connectivity index (χ2n) is 5.12. The van der Waals surface area contributed by atoms with Crippen LogP contribution in [0.2, 0.25) is 10.0 Å². The summed E-state index contributed by atoms with van der Waals surface area (Å²) in [5.41, 5.74) is 2.79. The van der Waals surface area contributed by atoms with Crippen LogP contribution in [0.5, 0.6) is 0 Å². The van der Waals surface area contributed by atoms with Crippen molar-refractivity contribution >= 4 is 47.1 Å². The van der Waals surface area contributed by atoms with Gasteiger partial charge in [-0.05, 0) is 36.1 Å². The van der Waals surface area contributed by atoms with Gasteiger partial charge in [0.1, 0.15) is 0 Å². The van der Waals surface area contributed by atoms with Gasteiger partial charge in [0.25, 0.3) is 0 Å². The van der Waals surface area contributed by atoms with E-state index < -0.39 is 0 Å². The Balaban J connectivity index is 1.91. The summed E-state index contributed by atoms with van der Waals surface area (Å²) in [6.07, 6.45) is 5.52. The van der Waals surface area contributed by atoms with Crippen LogP contribution in [0.15, 0.2) is 58.5 Å². The van der Waals surface area contributed by atoms with Gasteiger partial charge in [0, 0.05) is 23.7 Å². The van der Waals surface area contributed by atoms with Crippen LogP contribution in [0.25, 0.3) is 11.3 Å². The second-order valence-corrected chi connectivity index (χ2v) is 6.82. The minimum atomic E-state index is 0.563. The third kappa shape index (κ3) is 3.51. The largest absolute Gasteiger partial charge is 0.312 e. The monoisotopic (exact) mass is 375 g/mol. The summed E-state index contributed by atoms with van der Waals surface area (Å²) in [5.74, 6) is 0.593. The van der Waals surface area contributed by atoms with Crippen molar-refractivity contribution < 1.29 is 0 Å². The lowest BCUT2D eigenvalue weighted by Crippen LogP contribution is -1.92. The zero-order valence-electron chi connectivity index (χ0n) is 13.2. The van der Waals surface area contributed by atoms with Crippen LogP contribution in [0.3, 0.4) is 0 Å². The number of thioether (sulfide) groups is 1. The number of benzene rings is 2. The Kier molecular flexibility index (Phi) is 5.29. The fourth-order valence-electron chi connectivity index (χ4n) is 2.31. The smallest absolute Gasteiger partial charge is 0.229 e. The van der Waals surface area contributed by atoms with Crippen molar-refractivity contribution in [2.24, 2.45) is 12.0 Å². The van der Waals surface area contributed by atoms with Crippen molar-refractivity contribution in [3.63, 3.8) is 0 Å². The predicted octanol–water partition coefficient (Wildman–Crippen LogP) is 5.87. The summed E-state index contributed by atoms with van der Waals surface area (Å²) in [5, 5.41) is 1.13. The molecule has 122 valence electrons. The van der Waals surface area contributed by atoms with Crippen molar-refractivity contribution in [3.8, 4) is 11.3 Å². The van der Waals surface area contributed by atoms with E-state index in [0.717, 1.165) is 11.3 Å². The molecule has 1 heterocycles. The van der Waals surface area contributed by atoms with Crippen LogP contribution in [0, 0.1) is 0 Å². The van der Waals surface area contributed by atoms with E-state index in [1.54, 1.807) is 36.2 Å². The molecule has 0 radical (unpaired) electrons. The molecule has 0 aliphatic rings. The number of rotatable bonds is 4. The lowest BCUT2D eigenvalue weighted by Gasteiger charge is -2.05. The van der Waals surface area contributed by atoms with Gasteiger partial charge in [0.2, 0.25) is 5.95 Å². The van der Waals surface area contributed by atoms with E-state index in [4.69, 9.17) is 23.2 Å². The minimum Gasteiger partial charge on any atom is -0.312 e. The Morgan fingerprint density at radius 2 is 1.75 bits per heavy atom. The Morgan fingerprint density at radius 1 is 1.08 bits per heavy atom. The average molecular weight is 376 g/mol. The molecular formula is C18H15Cl2N3S. The van der Waals surface area contributed by atoms with Gasteiger partial charge in [-0.25, -0.2) is 9.98 Å². The first-order valence-corrected chi connectivity index (χ1v) is 9.22. The zero-order valence-corrected chi connectivity index (χ0v) is 15.5. The fraction of sp³-hybridized carbons (Fsp3) is 0.111. The number of halogens is 2. The lowest BCUT2D eigenvalue weighted by atomic mass is 10.2. The van der Waals surface area contributed by atoms with E-state index in [-0.39, 0.29) is 0 Å². The molecule has 1 aromatic heterocycles. The molecule has 0 bridgehead atoms. The van der Waals surface area contributed by atoms with Crippen LogP contribution in [-0.2, 0) is 7.05 Å². The van der Waals surface area contributed by atoms with Crippen molar-refractivity contribution in [2.45, 2.75) is 4.90 Å². The zero-order chi connectivity index (χ0) is 17.1. The Labute approximate surface area is 155 Å². The molecule has 0 aliphatic heterocycles. The van der Waals surface area contributed by atoms with E-state index in [2.05, 4.69) is 40.5 Å². The van der Waals surface area contributed by atoms with Crippen molar-refractivity contribution in [2.75, 3.05) is 6.26 Å². The molecule has 3 nitrogen and oxygen atoms in total. The molecule has 2 aromatic carbocycles. The molecule has 3 rings (SSSR count). The quantitative estimate of drug-likeness (QED) is 0.421. The van der Waals surface area contributed by atoms with Crippen LogP contribution < -0.4 is 0 Å². The summed E-state index contributed by atoms with van der Waals surface area (Å²) >= 11 is 14.0. The van der Waals surface area contributed by atoms with Crippen LogP contribution >= 0.6 is 35.0 Å². The molecule has 0 N–H and O–H groups in total. The first-order valence-electron chi connectivity index (χ1n) is 7.24. The lowest BCUT2D eigenvalue weighted by molar-refractivity contribution is 0.920. The summed E-state index contributed by atoms with van der Waals surface area (Å²) < 4.78 is 1.94. The van der Waals surface area contributed by atoms with Gasteiger partial charge < -0.3 is 4.57 Å². The molecule has 3 aromatic rings. The standard InChI is InChI=1S/C18H15Cl2N3S/c1-23-17(12-6-8-13(24-2)9-7-12)11-22-18(23)21-10-14-15(19)4-3-5-16(14)20/h3-11H,1-2H3. The molecule has 0 aliphatic carbocycles. The van der Waals surface area contributed by atoms with Crippen molar-refractivity contribution in [1.82, 2.24) is 9.55 Å². The van der Waals surface area contributed by atoms with Gasteiger partial charge in [-0.2, -0.15) is 0 Å². The Bertz CT molecular complexity index is 866. The van der Waals surface area contributed by atoms with Crippen LogP contribution in [0.4, 0.5) is 5.95 Å². The Hall–Kier alpha value is -1.75. The normalized spacial score (nSPS) is 11.3. The number of aromatic nitrogens is 2. The van der Waals surface area contributed by atoms with Gasteiger partial charge in [-0.15, -0.1) is 11.8 Å². The summed E-state index contributed by atoms with van der Waals surface area (Å²) in [4.78, 5) is 10.0. The molecule has 0 saturated heterocycles. The Morgan fingerprint density at radius 3 is 2.38 bits per heavy atom. The van der Waals surface area contributed by atoms with Gasteiger partial charge in [-0.1, -0.05) is 41.4 Å². The molecule has 0 spiro atoms. The van der Waals surface area contributed by atoms with Gasteiger partial charge in [-0.3, -0.25) is 0 Å². The molecular weight excluding hydrogens is 361 g/mol. The molecule has 0 amide bonds. The maximum atomic E-state index is 6.16. The minimum absolute atomic E-state index is 0.563. The van der Waals surface area contributed by atoms with E-state index in [1.165, 1.54) is 4.90 Å². The molecule has 0 unspecified atom stereocenters. The first-order chi connectivity index (χ1) is 11.6. The van der Waals surface area contributed by atoms with E-state index in [1.807, 2.05) is 17.8 Å². The maximum absolute atomic E-state index is 6.16. The second kappa shape index (κ2) is 7.43. The molecule has 0 saturated carbocycles. The summed E-state index contributed by atoms with van der Waals surface area (Å²) in [6.45, 7) is 0. The maximum Gasteiger partial charge on any atom is 0.229 e. The van der Waals surface area contributed by atoms with E-state index >= 15 is 0 Å². The first kappa shape index (κ1) is 17.1. The number of nitrogens with zero attached hydrogens (tertiary/aromatic N) is 3. The van der Waals surface area contributed by atoms with Crippen molar-refractivity contribution in [3.05, 3.63) is 64.3 Å². The fourth-order valence-corrected chi connectivity index (χ4v) is 3.21. The number of hydrogen-bond acceptors (Lipinski definition) is 3. The summed E-state index contributed by atoms with van der Waals surface area (Å²) in [6, 6.07) is 13.7. The molecule has 24 heavy (non-hydrogen) atoms.